The summed E-state index contributed by atoms with van der Waals surface area (Å²) in [6.45, 7) is 4.32. The second-order valence-corrected chi connectivity index (χ2v) is 5.61. The van der Waals surface area contributed by atoms with Gasteiger partial charge in [-0.3, -0.25) is 0 Å². The Bertz CT molecular complexity index is 581. The van der Waals surface area contributed by atoms with Crippen LogP contribution in [-0.4, -0.2) is 23.3 Å². The monoisotopic (exact) mass is 275 g/mol. The number of halogens is 1. The largest absolute Gasteiger partial charge is 0.354 e. The van der Waals surface area contributed by atoms with Gasteiger partial charge < -0.3 is 4.90 Å². The maximum Gasteiger partial charge on any atom is 0.159 e. The van der Waals surface area contributed by atoms with Crippen molar-refractivity contribution >= 4 is 28.2 Å². The highest BCUT2D eigenvalue weighted by Gasteiger charge is 2.25. The van der Waals surface area contributed by atoms with Crippen LogP contribution in [-0.2, 0) is 0 Å². The van der Waals surface area contributed by atoms with E-state index in [1.807, 2.05) is 18.2 Å². The molecule has 1 aromatic carbocycles. The van der Waals surface area contributed by atoms with Gasteiger partial charge in [0.15, 0.2) is 11.0 Å². The summed E-state index contributed by atoms with van der Waals surface area (Å²) in [5.41, 5.74) is 0. The molecular weight excluding hydrogens is 258 g/mol. The zero-order valence-corrected chi connectivity index (χ0v) is 11.9. The number of anilines is 1. The standard InChI is InChI=1S/C15H18ClN3/c1-2-9-19(10-11-7-8-11)15-13-6-4-3-5-12(13)14(16)17-18-15/h3-6,11H,2,7-10H2,1H3. The van der Waals surface area contributed by atoms with Gasteiger partial charge in [-0.15, -0.1) is 10.2 Å². The van der Waals surface area contributed by atoms with Crippen LogP contribution in [0.1, 0.15) is 26.2 Å². The molecule has 1 aliphatic carbocycles. The average molecular weight is 276 g/mol. The molecular formula is C15H18ClN3. The lowest BCUT2D eigenvalue weighted by Crippen LogP contribution is -2.28. The lowest BCUT2D eigenvalue weighted by molar-refractivity contribution is 0.696. The van der Waals surface area contributed by atoms with Gasteiger partial charge in [-0.25, -0.2) is 0 Å². The molecule has 1 aromatic heterocycles. The number of fused-ring (bicyclic) bond motifs is 1. The van der Waals surface area contributed by atoms with Gasteiger partial charge in [-0.1, -0.05) is 42.8 Å². The minimum Gasteiger partial charge on any atom is -0.354 e. The number of nitrogens with zero attached hydrogens (tertiary/aromatic N) is 3. The van der Waals surface area contributed by atoms with Crippen LogP contribution in [0.25, 0.3) is 10.8 Å². The molecule has 3 rings (SSSR count). The van der Waals surface area contributed by atoms with Crippen LogP contribution >= 0.6 is 11.6 Å². The van der Waals surface area contributed by atoms with Crippen LogP contribution in [0, 0.1) is 5.92 Å². The van der Waals surface area contributed by atoms with Crippen molar-refractivity contribution in [1.29, 1.82) is 0 Å². The second kappa shape index (κ2) is 5.33. The quantitative estimate of drug-likeness (QED) is 0.828. The molecule has 0 N–H and O–H groups in total. The van der Waals surface area contributed by atoms with Crippen LogP contribution in [0.4, 0.5) is 5.82 Å². The van der Waals surface area contributed by atoms with Gasteiger partial charge in [0.05, 0.1) is 0 Å². The molecule has 0 amide bonds. The summed E-state index contributed by atoms with van der Waals surface area (Å²) in [6, 6.07) is 8.12. The van der Waals surface area contributed by atoms with E-state index in [-0.39, 0.29) is 0 Å². The lowest BCUT2D eigenvalue weighted by atomic mass is 10.1. The van der Waals surface area contributed by atoms with Gasteiger partial charge in [0.2, 0.25) is 0 Å². The summed E-state index contributed by atoms with van der Waals surface area (Å²) in [7, 11) is 0. The van der Waals surface area contributed by atoms with E-state index in [0.717, 1.165) is 42.0 Å². The summed E-state index contributed by atoms with van der Waals surface area (Å²) in [5, 5.41) is 11.0. The highest BCUT2D eigenvalue weighted by molar-refractivity contribution is 6.34. The van der Waals surface area contributed by atoms with Crippen LogP contribution in [0.3, 0.4) is 0 Å². The third kappa shape index (κ3) is 2.66. The summed E-state index contributed by atoms with van der Waals surface area (Å²) in [4.78, 5) is 2.36. The zero-order valence-electron chi connectivity index (χ0n) is 11.1. The third-order valence-corrected chi connectivity index (χ3v) is 3.87. The Morgan fingerprint density at radius 1 is 1.21 bits per heavy atom. The summed E-state index contributed by atoms with van der Waals surface area (Å²) in [5.74, 6) is 1.82. The Kier molecular flexibility index (Phi) is 3.56. The molecule has 0 saturated heterocycles. The Morgan fingerprint density at radius 2 is 1.95 bits per heavy atom. The molecule has 1 heterocycles. The van der Waals surface area contributed by atoms with Crippen molar-refractivity contribution in [3.05, 3.63) is 29.4 Å². The molecule has 2 aromatic rings. The van der Waals surface area contributed by atoms with Crippen molar-refractivity contribution in [3.63, 3.8) is 0 Å². The fourth-order valence-electron chi connectivity index (χ4n) is 2.46. The van der Waals surface area contributed by atoms with Gasteiger partial charge in [-0.05, 0) is 25.2 Å². The number of aromatic nitrogens is 2. The topological polar surface area (TPSA) is 29.0 Å². The highest BCUT2D eigenvalue weighted by atomic mass is 35.5. The first kappa shape index (κ1) is 12.7. The van der Waals surface area contributed by atoms with Crippen molar-refractivity contribution in [2.24, 2.45) is 5.92 Å². The Morgan fingerprint density at radius 3 is 2.63 bits per heavy atom. The normalized spacial score (nSPS) is 14.8. The molecule has 19 heavy (non-hydrogen) atoms. The second-order valence-electron chi connectivity index (χ2n) is 5.25. The van der Waals surface area contributed by atoms with E-state index in [1.54, 1.807) is 0 Å². The van der Waals surface area contributed by atoms with E-state index in [4.69, 9.17) is 11.6 Å². The average Bonchev–Trinajstić information content (AvgIpc) is 3.23. The molecule has 0 spiro atoms. The van der Waals surface area contributed by atoms with Crippen molar-refractivity contribution in [2.45, 2.75) is 26.2 Å². The molecule has 3 nitrogen and oxygen atoms in total. The molecule has 100 valence electrons. The minimum atomic E-state index is 0.488. The van der Waals surface area contributed by atoms with E-state index in [0.29, 0.717) is 5.15 Å². The smallest absolute Gasteiger partial charge is 0.159 e. The maximum absolute atomic E-state index is 6.14. The number of hydrogen-bond donors (Lipinski definition) is 0. The predicted molar refractivity (Wildman–Crippen MR) is 79.8 cm³/mol. The number of benzene rings is 1. The molecule has 0 bridgehead atoms. The molecule has 1 aliphatic rings. The first-order chi connectivity index (χ1) is 9.29. The van der Waals surface area contributed by atoms with Crippen LogP contribution in [0.5, 0.6) is 0 Å². The number of rotatable bonds is 5. The van der Waals surface area contributed by atoms with Crippen LogP contribution < -0.4 is 4.90 Å². The fourth-order valence-corrected chi connectivity index (χ4v) is 2.66. The van der Waals surface area contributed by atoms with Gasteiger partial charge in [0.25, 0.3) is 0 Å². The van der Waals surface area contributed by atoms with Gasteiger partial charge in [-0.2, -0.15) is 0 Å². The fraction of sp³-hybridized carbons (Fsp3) is 0.467. The van der Waals surface area contributed by atoms with Crippen LogP contribution in [0.15, 0.2) is 24.3 Å². The Labute approximate surface area is 118 Å². The van der Waals surface area contributed by atoms with Gasteiger partial charge in [0, 0.05) is 23.9 Å². The van der Waals surface area contributed by atoms with E-state index >= 15 is 0 Å². The Hall–Kier alpha value is -1.35. The van der Waals surface area contributed by atoms with Crippen molar-refractivity contribution in [2.75, 3.05) is 18.0 Å². The van der Waals surface area contributed by atoms with E-state index < -0.39 is 0 Å². The molecule has 0 radical (unpaired) electrons. The summed E-state index contributed by atoms with van der Waals surface area (Å²) < 4.78 is 0. The van der Waals surface area contributed by atoms with E-state index in [2.05, 4.69) is 28.1 Å². The van der Waals surface area contributed by atoms with Crippen LogP contribution in [0.2, 0.25) is 5.15 Å². The number of hydrogen-bond acceptors (Lipinski definition) is 3. The molecule has 4 heteroatoms. The van der Waals surface area contributed by atoms with E-state index in [9.17, 15) is 0 Å². The zero-order chi connectivity index (χ0) is 13.2. The van der Waals surface area contributed by atoms with Crippen molar-refractivity contribution < 1.29 is 0 Å². The first-order valence-electron chi connectivity index (χ1n) is 6.95. The molecule has 1 saturated carbocycles. The lowest BCUT2D eigenvalue weighted by Gasteiger charge is -2.24. The third-order valence-electron chi connectivity index (χ3n) is 3.59. The van der Waals surface area contributed by atoms with Gasteiger partial charge in [0.1, 0.15) is 0 Å². The SMILES string of the molecule is CCCN(CC1CC1)c1nnc(Cl)c2ccccc12. The summed E-state index contributed by atoms with van der Waals surface area (Å²) >= 11 is 6.14. The highest BCUT2D eigenvalue weighted by Crippen LogP contribution is 2.34. The first-order valence-corrected chi connectivity index (χ1v) is 7.33. The predicted octanol–water partition coefficient (Wildman–Crippen LogP) is 3.91. The summed E-state index contributed by atoms with van der Waals surface area (Å²) in [6.07, 6.45) is 3.81. The minimum absolute atomic E-state index is 0.488. The molecule has 0 unspecified atom stereocenters. The molecule has 0 atom stereocenters. The maximum atomic E-state index is 6.14. The Balaban J connectivity index is 2.03. The molecule has 1 fully saturated rings. The van der Waals surface area contributed by atoms with Crippen molar-refractivity contribution in [3.8, 4) is 0 Å². The van der Waals surface area contributed by atoms with E-state index in [1.165, 1.54) is 12.8 Å². The van der Waals surface area contributed by atoms with Gasteiger partial charge >= 0.3 is 0 Å². The molecule has 0 aliphatic heterocycles. The van der Waals surface area contributed by atoms with Crippen molar-refractivity contribution in [1.82, 2.24) is 10.2 Å².